The van der Waals surface area contributed by atoms with Crippen LogP contribution in [-0.4, -0.2) is 25.3 Å². The highest BCUT2D eigenvalue weighted by atomic mass is 16.6. The second kappa shape index (κ2) is 3.74. The van der Waals surface area contributed by atoms with Gasteiger partial charge >= 0.3 is 0 Å². The van der Waals surface area contributed by atoms with Gasteiger partial charge in [0.2, 0.25) is 11.6 Å². The van der Waals surface area contributed by atoms with E-state index in [2.05, 4.69) is 30.6 Å². The van der Waals surface area contributed by atoms with E-state index in [1.807, 2.05) is 24.3 Å². The molecule has 0 unspecified atom stereocenters. The summed E-state index contributed by atoms with van der Waals surface area (Å²) in [4.78, 5) is 0. The molecule has 8 heteroatoms. The lowest BCUT2D eigenvalue weighted by molar-refractivity contribution is 0.310. The van der Waals surface area contributed by atoms with Crippen LogP contribution in [0.3, 0.4) is 0 Å². The van der Waals surface area contributed by atoms with Crippen LogP contribution in [0.5, 0.6) is 0 Å². The van der Waals surface area contributed by atoms with Crippen LogP contribution in [0.2, 0.25) is 0 Å². The molecule has 0 atom stereocenters. The summed E-state index contributed by atoms with van der Waals surface area (Å²) in [6.45, 7) is 0.388. The summed E-state index contributed by atoms with van der Waals surface area (Å²) in [5.74, 6) is 0.610. The number of nitrogens with two attached hydrogens (primary N) is 1. The number of anilines is 2. The molecule has 17 heavy (non-hydrogen) atoms. The molecule has 0 spiro atoms. The van der Waals surface area contributed by atoms with Gasteiger partial charge in [-0.1, -0.05) is 17.3 Å². The fourth-order valence-corrected chi connectivity index (χ4v) is 1.50. The highest BCUT2D eigenvalue weighted by molar-refractivity contribution is 5.73. The predicted octanol–water partition coefficient (Wildman–Crippen LogP) is 0.466. The van der Waals surface area contributed by atoms with E-state index >= 15 is 0 Å². The normalized spacial score (nSPS) is 10.8. The van der Waals surface area contributed by atoms with Crippen LogP contribution < -0.4 is 11.1 Å². The first kappa shape index (κ1) is 9.58. The topological polar surface area (TPSA) is 108 Å². The van der Waals surface area contributed by atoms with Gasteiger partial charge in [-0.2, -0.15) is 0 Å². The van der Waals surface area contributed by atoms with E-state index in [4.69, 9.17) is 5.73 Å². The maximum absolute atomic E-state index is 5.52. The lowest BCUT2D eigenvalue weighted by atomic mass is 10.3. The standard InChI is InChI=1S/C9H9N7O/c10-8-9(14-17-13-8)11-5-16-7-4-2-1-3-6(7)12-15-16/h1-4H,5H2,(H2,10,13)(H,11,14). The SMILES string of the molecule is Nc1nonc1NCn1nnc2ccccc21. The zero-order valence-corrected chi connectivity index (χ0v) is 8.74. The average Bonchev–Trinajstić information content (AvgIpc) is 2.93. The summed E-state index contributed by atoms with van der Waals surface area (Å²) in [7, 11) is 0. The molecular weight excluding hydrogens is 222 g/mol. The van der Waals surface area contributed by atoms with Crippen LogP contribution in [-0.2, 0) is 6.67 Å². The van der Waals surface area contributed by atoms with E-state index in [-0.39, 0.29) is 5.82 Å². The number of fused-ring (bicyclic) bond motifs is 1. The number of rotatable bonds is 3. The number of aromatic nitrogens is 5. The van der Waals surface area contributed by atoms with E-state index in [1.54, 1.807) is 4.68 Å². The van der Waals surface area contributed by atoms with Crippen molar-refractivity contribution in [1.29, 1.82) is 0 Å². The Morgan fingerprint density at radius 1 is 1.29 bits per heavy atom. The Morgan fingerprint density at radius 2 is 2.18 bits per heavy atom. The Labute approximate surface area is 95.4 Å². The van der Waals surface area contributed by atoms with Crippen LogP contribution >= 0.6 is 0 Å². The van der Waals surface area contributed by atoms with Crippen molar-refractivity contribution in [3.05, 3.63) is 24.3 Å². The molecule has 0 amide bonds. The van der Waals surface area contributed by atoms with Gasteiger partial charge in [-0.3, -0.25) is 0 Å². The van der Waals surface area contributed by atoms with Gasteiger partial charge < -0.3 is 11.1 Å². The van der Waals surface area contributed by atoms with Gasteiger partial charge in [-0.15, -0.1) is 5.10 Å². The van der Waals surface area contributed by atoms with Gasteiger partial charge in [0.15, 0.2) is 0 Å². The number of hydrogen-bond donors (Lipinski definition) is 2. The Balaban J connectivity index is 1.84. The molecule has 0 bridgehead atoms. The molecule has 2 aromatic heterocycles. The van der Waals surface area contributed by atoms with Gasteiger partial charge in [0.05, 0.1) is 5.52 Å². The van der Waals surface area contributed by atoms with Crippen molar-refractivity contribution in [1.82, 2.24) is 25.3 Å². The Morgan fingerprint density at radius 3 is 3.00 bits per heavy atom. The van der Waals surface area contributed by atoms with Gasteiger partial charge in [-0.05, 0) is 22.4 Å². The smallest absolute Gasteiger partial charge is 0.216 e. The molecule has 0 saturated heterocycles. The summed E-state index contributed by atoms with van der Waals surface area (Å²) in [6, 6.07) is 7.66. The second-order valence-electron chi connectivity index (χ2n) is 3.41. The van der Waals surface area contributed by atoms with Crippen molar-refractivity contribution < 1.29 is 4.63 Å². The maximum atomic E-state index is 5.52. The first-order chi connectivity index (χ1) is 8.34. The largest absolute Gasteiger partial charge is 0.378 e. The molecule has 3 rings (SSSR count). The maximum Gasteiger partial charge on any atom is 0.216 e. The average molecular weight is 231 g/mol. The Kier molecular flexibility index (Phi) is 2.11. The Hall–Kier alpha value is -2.64. The van der Waals surface area contributed by atoms with Gasteiger partial charge in [0, 0.05) is 0 Å². The van der Waals surface area contributed by atoms with Crippen molar-refractivity contribution >= 4 is 22.7 Å². The molecule has 3 aromatic rings. The summed E-state index contributed by atoms with van der Waals surface area (Å²) < 4.78 is 6.17. The zero-order chi connectivity index (χ0) is 11.7. The van der Waals surface area contributed by atoms with Crippen molar-refractivity contribution in [3.8, 4) is 0 Å². The van der Waals surface area contributed by atoms with E-state index in [9.17, 15) is 0 Å². The molecule has 3 N–H and O–H groups in total. The lowest BCUT2D eigenvalue weighted by Gasteiger charge is -2.02. The molecule has 8 nitrogen and oxygen atoms in total. The highest BCUT2D eigenvalue weighted by Crippen LogP contribution is 2.13. The third kappa shape index (κ3) is 1.65. The summed E-state index contributed by atoms with van der Waals surface area (Å²) in [6.07, 6.45) is 0. The van der Waals surface area contributed by atoms with Gasteiger partial charge in [0.1, 0.15) is 12.2 Å². The first-order valence-corrected chi connectivity index (χ1v) is 4.95. The van der Waals surface area contributed by atoms with E-state index in [0.717, 1.165) is 11.0 Å². The van der Waals surface area contributed by atoms with Crippen molar-refractivity contribution in [3.63, 3.8) is 0 Å². The molecule has 1 aromatic carbocycles. The summed E-state index contributed by atoms with van der Waals surface area (Å²) in [5.41, 5.74) is 7.28. The molecule has 0 saturated carbocycles. The zero-order valence-electron chi connectivity index (χ0n) is 8.74. The van der Waals surface area contributed by atoms with Crippen LogP contribution in [0.4, 0.5) is 11.6 Å². The van der Waals surface area contributed by atoms with Gasteiger partial charge in [-0.25, -0.2) is 9.31 Å². The fraction of sp³-hybridized carbons (Fsp3) is 0.111. The molecule has 2 heterocycles. The van der Waals surface area contributed by atoms with E-state index in [0.29, 0.717) is 12.5 Å². The number of benzene rings is 1. The van der Waals surface area contributed by atoms with Crippen molar-refractivity contribution in [2.45, 2.75) is 6.67 Å². The molecule has 0 aliphatic carbocycles. The minimum atomic E-state index is 0.217. The molecule has 0 aliphatic rings. The molecule has 0 aliphatic heterocycles. The second-order valence-corrected chi connectivity index (χ2v) is 3.41. The molecule has 0 radical (unpaired) electrons. The third-order valence-electron chi connectivity index (χ3n) is 2.33. The fourth-order valence-electron chi connectivity index (χ4n) is 1.50. The summed E-state index contributed by atoms with van der Waals surface area (Å²) >= 11 is 0. The van der Waals surface area contributed by atoms with Crippen LogP contribution in [0, 0.1) is 0 Å². The minimum Gasteiger partial charge on any atom is -0.378 e. The summed E-state index contributed by atoms with van der Waals surface area (Å²) in [5, 5.41) is 18.1. The van der Waals surface area contributed by atoms with Crippen molar-refractivity contribution in [2.75, 3.05) is 11.1 Å². The number of hydrogen-bond acceptors (Lipinski definition) is 7. The number of para-hydroxylation sites is 1. The number of nitrogens with zero attached hydrogens (tertiary/aromatic N) is 5. The number of nitrogens with one attached hydrogen (secondary N) is 1. The third-order valence-corrected chi connectivity index (χ3v) is 2.33. The van der Waals surface area contributed by atoms with Crippen LogP contribution in [0.15, 0.2) is 28.9 Å². The molecule has 86 valence electrons. The quantitative estimate of drug-likeness (QED) is 0.674. The molecular formula is C9H9N7O. The van der Waals surface area contributed by atoms with E-state index < -0.39 is 0 Å². The monoisotopic (exact) mass is 231 g/mol. The lowest BCUT2D eigenvalue weighted by Crippen LogP contribution is -2.10. The van der Waals surface area contributed by atoms with Crippen LogP contribution in [0.25, 0.3) is 11.0 Å². The van der Waals surface area contributed by atoms with Crippen LogP contribution in [0.1, 0.15) is 0 Å². The Bertz CT molecular complexity index is 643. The predicted molar refractivity (Wildman–Crippen MR) is 59.9 cm³/mol. The first-order valence-electron chi connectivity index (χ1n) is 4.95. The van der Waals surface area contributed by atoms with E-state index in [1.165, 1.54) is 0 Å². The highest BCUT2D eigenvalue weighted by Gasteiger charge is 2.07. The van der Waals surface area contributed by atoms with Gasteiger partial charge in [0.25, 0.3) is 0 Å². The van der Waals surface area contributed by atoms with Crippen molar-refractivity contribution in [2.24, 2.45) is 0 Å². The number of nitrogen functional groups attached to an aromatic ring is 1. The minimum absolute atomic E-state index is 0.217. The molecule has 0 fully saturated rings.